The van der Waals surface area contributed by atoms with E-state index < -0.39 is 0 Å². The van der Waals surface area contributed by atoms with Crippen molar-refractivity contribution in [2.75, 3.05) is 0 Å². The molecule has 0 saturated carbocycles. The van der Waals surface area contributed by atoms with Crippen LogP contribution in [0.2, 0.25) is 5.02 Å². The summed E-state index contributed by atoms with van der Waals surface area (Å²) in [5.74, 6) is 1.63. The van der Waals surface area contributed by atoms with Crippen LogP contribution >= 0.6 is 11.6 Å². The van der Waals surface area contributed by atoms with E-state index in [9.17, 15) is 0 Å². The van der Waals surface area contributed by atoms with E-state index in [1.165, 1.54) is 5.56 Å². The molecule has 1 atom stereocenters. The first-order valence-corrected chi connectivity index (χ1v) is 7.12. The molecule has 2 aromatic rings. The zero-order chi connectivity index (χ0) is 14.7. The van der Waals surface area contributed by atoms with E-state index in [2.05, 4.69) is 0 Å². The van der Waals surface area contributed by atoms with Gasteiger partial charge in [-0.3, -0.25) is 0 Å². The smallest absolute Gasteiger partial charge is 0.128 e. The average molecular weight is 290 g/mol. The van der Waals surface area contributed by atoms with E-state index in [0.717, 1.165) is 34.1 Å². The van der Waals surface area contributed by atoms with Crippen molar-refractivity contribution in [3.05, 3.63) is 58.1 Å². The zero-order valence-electron chi connectivity index (χ0n) is 12.1. The molecule has 2 rings (SSSR count). The van der Waals surface area contributed by atoms with Gasteiger partial charge in [-0.25, -0.2) is 0 Å². The van der Waals surface area contributed by atoms with Crippen LogP contribution in [0.25, 0.3) is 0 Å². The number of aryl methyl sites for hydroxylation is 2. The molecule has 0 heterocycles. The van der Waals surface area contributed by atoms with E-state index in [4.69, 9.17) is 22.1 Å². The van der Waals surface area contributed by atoms with Gasteiger partial charge >= 0.3 is 0 Å². The minimum atomic E-state index is 0.170. The Kier molecular flexibility index (Phi) is 4.69. The molecule has 0 aliphatic heterocycles. The molecule has 0 aromatic heterocycles. The van der Waals surface area contributed by atoms with Crippen molar-refractivity contribution in [2.45, 2.75) is 33.2 Å². The zero-order valence-corrected chi connectivity index (χ0v) is 12.9. The molecule has 0 aliphatic rings. The van der Waals surface area contributed by atoms with Crippen LogP contribution < -0.4 is 10.5 Å². The van der Waals surface area contributed by atoms with Crippen LogP contribution in [0.15, 0.2) is 36.4 Å². The lowest BCUT2D eigenvalue weighted by molar-refractivity contribution is 0.481. The highest BCUT2D eigenvalue weighted by Gasteiger charge is 2.05. The summed E-state index contributed by atoms with van der Waals surface area (Å²) in [4.78, 5) is 0. The summed E-state index contributed by atoms with van der Waals surface area (Å²) in [5, 5.41) is 0.796. The van der Waals surface area contributed by atoms with Crippen molar-refractivity contribution in [1.82, 2.24) is 0 Å². The lowest BCUT2D eigenvalue weighted by Crippen LogP contribution is -2.17. The van der Waals surface area contributed by atoms with Gasteiger partial charge in [0.2, 0.25) is 0 Å². The summed E-state index contributed by atoms with van der Waals surface area (Å²) in [5.41, 5.74) is 9.05. The van der Waals surface area contributed by atoms with Gasteiger partial charge < -0.3 is 10.5 Å². The average Bonchev–Trinajstić information content (AvgIpc) is 2.37. The lowest BCUT2D eigenvalue weighted by atomic mass is 10.1. The van der Waals surface area contributed by atoms with E-state index >= 15 is 0 Å². The second-order valence-corrected chi connectivity index (χ2v) is 5.68. The summed E-state index contributed by atoms with van der Waals surface area (Å²) in [6, 6.07) is 12.1. The first kappa shape index (κ1) is 14.9. The number of rotatable bonds is 4. The maximum atomic E-state index is 6.15. The van der Waals surface area contributed by atoms with Gasteiger partial charge in [0.05, 0.1) is 0 Å². The standard InChI is InChI=1S/C17H20ClNO/c1-11-8-16(9-12(2)17(11)18)20-15-6-4-14(5-7-15)10-13(3)19/h4-9,13H,10,19H2,1-3H3. The lowest BCUT2D eigenvalue weighted by Gasteiger charge is -2.11. The third kappa shape index (κ3) is 3.75. The molecule has 0 amide bonds. The molecule has 106 valence electrons. The Balaban J connectivity index is 2.14. The number of hydrogen-bond donors (Lipinski definition) is 1. The van der Waals surface area contributed by atoms with Gasteiger partial charge in [0, 0.05) is 11.1 Å². The predicted octanol–water partition coefficient (Wildman–Crippen LogP) is 4.64. The summed E-state index contributed by atoms with van der Waals surface area (Å²) in [7, 11) is 0. The third-order valence-corrected chi connectivity index (χ3v) is 3.72. The molecule has 1 unspecified atom stereocenters. The SMILES string of the molecule is Cc1cc(Oc2ccc(CC(C)N)cc2)cc(C)c1Cl. The molecule has 0 radical (unpaired) electrons. The minimum absolute atomic E-state index is 0.170. The topological polar surface area (TPSA) is 35.2 Å². The first-order valence-electron chi connectivity index (χ1n) is 6.75. The van der Waals surface area contributed by atoms with Gasteiger partial charge in [-0.1, -0.05) is 23.7 Å². The van der Waals surface area contributed by atoms with Crippen molar-refractivity contribution in [3.63, 3.8) is 0 Å². The van der Waals surface area contributed by atoms with Gasteiger partial charge in [0.1, 0.15) is 11.5 Å². The van der Waals surface area contributed by atoms with Crippen molar-refractivity contribution in [3.8, 4) is 11.5 Å². The Hall–Kier alpha value is -1.51. The molecule has 3 heteroatoms. The van der Waals surface area contributed by atoms with E-state index in [1.807, 2.05) is 57.2 Å². The van der Waals surface area contributed by atoms with Crippen LogP contribution in [0.5, 0.6) is 11.5 Å². The fourth-order valence-corrected chi connectivity index (χ4v) is 2.28. The van der Waals surface area contributed by atoms with Crippen molar-refractivity contribution in [1.29, 1.82) is 0 Å². The highest BCUT2D eigenvalue weighted by molar-refractivity contribution is 6.32. The maximum absolute atomic E-state index is 6.15. The minimum Gasteiger partial charge on any atom is -0.457 e. The van der Waals surface area contributed by atoms with Crippen molar-refractivity contribution in [2.24, 2.45) is 5.73 Å². The molecular formula is C17H20ClNO. The first-order chi connectivity index (χ1) is 9.45. The Bertz CT molecular complexity index is 567. The number of hydrogen-bond acceptors (Lipinski definition) is 2. The Morgan fingerprint density at radius 2 is 1.60 bits per heavy atom. The molecule has 0 fully saturated rings. The largest absolute Gasteiger partial charge is 0.457 e. The van der Waals surface area contributed by atoms with Crippen molar-refractivity contribution >= 4 is 11.6 Å². The summed E-state index contributed by atoms with van der Waals surface area (Å²) in [6.45, 7) is 5.96. The normalized spacial score (nSPS) is 12.2. The highest BCUT2D eigenvalue weighted by Crippen LogP contribution is 2.29. The Morgan fingerprint density at radius 3 is 2.10 bits per heavy atom. The molecule has 2 aromatic carbocycles. The van der Waals surface area contributed by atoms with Gasteiger partial charge in [-0.2, -0.15) is 0 Å². The Labute approximate surface area is 125 Å². The summed E-state index contributed by atoms with van der Waals surface area (Å²) in [6.07, 6.45) is 0.874. The van der Waals surface area contributed by atoms with Crippen LogP contribution in [-0.2, 0) is 6.42 Å². The van der Waals surface area contributed by atoms with E-state index in [-0.39, 0.29) is 6.04 Å². The fraction of sp³-hybridized carbons (Fsp3) is 0.294. The number of ether oxygens (including phenoxy) is 1. The molecule has 2 nitrogen and oxygen atoms in total. The van der Waals surface area contributed by atoms with Gasteiger partial charge in [0.15, 0.2) is 0 Å². The van der Waals surface area contributed by atoms with Gasteiger partial charge in [-0.15, -0.1) is 0 Å². The van der Waals surface area contributed by atoms with Gasteiger partial charge in [-0.05, 0) is 68.1 Å². The predicted molar refractivity (Wildman–Crippen MR) is 84.8 cm³/mol. The van der Waals surface area contributed by atoms with Crippen LogP contribution in [0.4, 0.5) is 0 Å². The van der Waals surface area contributed by atoms with Crippen LogP contribution in [-0.4, -0.2) is 6.04 Å². The van der Waals surface area contributed by atoms with Crippen molar-refractivity contribution < 1.29 is 4.74 Å². The highest BCUT2D eigenvalue weighted by atomic mass is 35.5. The summed E-state index contributed by atoms with van der Waals surface area (Å²) < 4.78 is 5.87. The molecular weight excluding hydrogens is 270 g/mol. The van der Waals surface area contributed by atoms with Crippen LogP contribution in [0.3, 0.4) is 0 Å². The fourth-order valence-electron chi connectivity index (χ4n) is 2.17. The molecule has 0 aliphatic carbocycles. The summed E-state index contributed by atoms with van der Waals surface area (Å²) >= 11 is 6.15. The molecule has 2 N–H and O–H groups in total. The molecule has 20 heavy (non-hydrogen) atoms. The molecule has 0 saturated heterocycles. The number of nitrogens with two attached hydrogens (primary N) is 1. The monoisotopic (exact) mass is 289 g/mol. The second-order valence-electron chi connectivity index (χ2n) is 5.30. The maximum Gasteiger partial charge on any atom is 0.128 e. The van der Waals surface area contributed by atoms with Crippen LogP contribution in [0, 0.1) is 13.8 Å². The van der Waals surface area contributed by atoms with E-state index in [1.54, 1.807) is 0 Å². The molecule has 0 bridgehead atoms. The van der Waals surface area contributed by atoms with Gasteiger partial charge in [0.25, 0.3) is 0 Å². The Morgan fingerprint density at radius 1 is 1.05 bits per heavy atom. The molecule has 0 spiro atoms. The quantitative estimate of drug-likeness (QED) is 0.890. The third-order valence-electron chi connectivity index (χ3n) is 3.13. The number of halogens is 1. The van der Waals surface area contributed by atoms with E-state index in [0.29, 0.717) is 0 Å². The number of benzene rings is 2. The second kappa shape index (κ2) is 6.29. The van der Waals surface area contributed by atoms with Crippen LogP contribution in [0.1, 0.15) is 23.6 Å².